The number of benzene rings is 5. The summed E-state index contributed by atoms with van der Waals surface area (Å²) in [5.41, 5.74) is 10.6. The van der Waals surface area contributed by atoms with Gasteiger partial charge in [-0.25, -0.2) is 0 Å². The van der Waals surface area contributed by atoms with E-state index in [1.165, 1.54) is 43.9 Å². The van der Waals surface area contributed by atoms with Crippen molar-refractivity contribution >= 4 is 44.0 Å². The average Bonchev–Trinajstić information content (AvgIpc) is 3.36. The molecule has 196 valence electrons. The van der Waals surface area contributed by atoms with Gasteiger partial charge < -0.3 is 9.73 Å². The zero-order chi connectivity index (χ0) is 27.3. The van der Waals surface area contributed by atoms with Gasteiger partial charge in [-0.15, -0.1) is 0 Å². The third-order valence-electron chi connectivity index (χ3n) is 8.12. The molecule has 0 aliphatic heterocycles. The van der Waals surface area contributed by atoms with Crippen LogP contribution in [0.25, 0.3) is 49.4 Å². The standard InChI is InChI=1S/C38H33NO/c1-38(2,3)35-16-8-15-34-33-14-7-13-32(36(33)40-37(34)35)27-19-23-29(24-20-27)39-28-21-17-26(18-22-28)31-12-6-10-25-9-4-5-11-30(25)31/h4-17,19-21,23-24,39H,18,22H2,1-3H3. The smallest absolute Gasteiger partial charge is 0.143 e. The molecule has 0 radical (unpaired) electrons. The molecule has 5 aromatic carbocycles. The van der Waals surface area contributed by atoms with E-state index < -0.39 is 0 Å². The van der Waals surface area contributed by atoms with Gasteiger partial charge in [-0.1, -0.05) is 118 Å². The Kier molecular flexibility index (Phi) is 5.86. The van der Waals surface area contributed by atoms with Crippen molar-refractivity contribution in [1.29, 1.82) is 0 Å². The van der Waals surface area contributed by atoms with E-state index in [2.05, 4.69) is 141 Å². The molecule has 1 aromatic heterocycles. The van der Waals surface area contributed by atoms with Crippen LogP contribution in [0.5, 0.6) is 0 Å². The van der Waals surface area contributed by atoms with Crippen LogP contribution in [0.3, 0.4) is 0 Å². The summed E-state index contributed by atoms with van der Waals surface area (Å²) in [6, 6.07) is 36.9. The second-order valence-electron chi connectivity index (χ2n) is 11.8. The first-order valence-electron chi connectivity index (χ1n) is 14.2. The molecule has 0 bridgehead atoms. The van der Waals surface area contributed by atoms with Crippen LogP contribution in [0.15, 0.2) is 125 Å². The minimum atomic E-state index is 0.0134. The van der Waals surface area contributed by atoms with Crippen molar-refractivity contribution in [2.45, 2.75) is 39.0 Å². The molecule has 1 N–H and O–H groups in total. The number of furan rings is 1. The molecule has 6 aromatic rings. The molecule has 2 nitrogen and oxygen atoms in total. The van der Waals surface area contributed by atoms with Crippen LogP contribution in [0, 0.1) is 0 Å². The van der Waals surface area contributed by atoms with E-state index in [-0.39, 0.29) is 5.41 Å². The highest BCUT2D eigenvalue weighted by atomic mass is 16.3. The first-order chi connectivity index (χ1) is 19.5. The predicted molar refractivity (Wildman–Crippen MR) is 171 cm³/mol. The third kappa shape index (κ3) is 4.30. The first-order valence-corrected chi connectivity index (χ1v) is 14.2. The molecule has 0 fully saturated rings. The molecule has 7 rings (SSSR count). The van der Waals surface area contributed by atoms with Gasteiger partial charge in [0.25, 0.3) is 0 Å². The first kappa shape index (κ1) is 24.5. The van der Waals surface area contributed by atoms with Crippen LogP contribution in [0.1, 0.15) is 44.7 Å². The maximum atomic E-state index is 6.59. The summed E-state index contributed by atoms with van der Waals surface area (Å²) in [6.45, 7) is 6.72. The summed E-state index contributed by atoms with van der Waals surface area (Å²) in [5, 5.41) is 8.61. The number of fused-ring (bicyclic) bond motifs is 4. The Morgan fingerprint density at radius 1 is 0.600 bits per heavy atom. The molecule has 2 heteroatoms. The molecule has 1 aliphatic rings. The van der Waals surface area contributed by atoms with E-state index in [1.807, 2.05) is 0 Å². The Morgan fingerprint density at radius 2 is 1.27 bits per heavy atom. The quantitative estimate of drug-likeness (QED) is 0.250. The molecular formula is C38H33NO. The van der Waals surface area contributed by atoms with Crippen molar-refractivity contribution in [3.8, 4) is 11.1 Å². The summed E-state index contributed by atoms with van der Waals surface area (Å²) >= 11 is 0. The molecule has 0 amide bonds. The van der Waals surface area contributed by atoms with Gasteiger partial charge in [-0.3, -0.25) is 0 Å². The highest BCUT2D eigenvalue weighted by Gasteiger charge is 2.21. The molecule has 0 spiro atoms. The zero-order valence-corrected chi connectivity index (χ0v) is 23.3. The Hall–Kier alpha value is -4.56. The van der Waals surface area contributed by atoms with Gasteiger partial charge in [0, 0.05) is 33.3 Å². The fraction of sp³-hybridized carbons (Fsp3) is 0.158. The maximum absolute atomic E-state index is 6.59. The van der Waals surface area contributed by atoms with Gasteiger partial charge in [0.2, 0.25) is 0 Å². The van der Waals surface area contributed by atoms with Crippen LogP contribution in [-0.2, 0) is 5.41 Å². The third-order valence-corrected chi connectivity index (χ3v) is 8.12. The predicted octanol–water partition coefficient (Wildman–Crippen LogP) is 10.9. The van der Waals surface area contributed by atoms with E-state index in [0.29, 0.717) is 0 Å². The second kappa shape index (κ2) is 9.57. The number of rotatable bonds is 4. The van der Waals surface area contributed by atoms with Gasteiger partial charge in [0.05, 0.1) is 0 Å². The SMILES string of the molecule is CC(C)(C)c1cccc2c1oc1c(-c3ccc(NC4=CC=C(c5cccc6ccccc56)CC4)cc3)cccc12. The fourth-order valence-corrected chi connectivity index (χ4v) is 6.03. The van der Waals surface area contributed by atoms with Crippen molar-refractivity contribution in [3.63, 3.8) is 0 Å². The van der Waals surface area contributed by atoms with Crippen molar-refractivity contribution in [3.05, 3.63) is 132 Å². The Morgan fingerprint density at radius 3 is 2.05 bits per heavy atom. The molecule has 1 heterocycles. The molecule has 1 aliphatic carbocycles. The van der Waals surface area contributed by atoms with Crippen LogP contribution < -0.4 is 5.32 Å². The van der Waals surface area contributed by atoms with Gasteiger partial charge >= 0.3 is 0 Å². The summed E-state index contributed by atoms with van der Waals surface area (Å²) in [7, 11) is 0. The summed E-state index contributed by atoms with van der Waals surface area (Å²) in [4.78, 5) is 0. The van der Waals surface area contributed by atoms with Crippen molar-refractivity contribution in [1.82, 2.24) is 0 Å². The van der Waals surface area contributed by atoms with Crippen molar-refractivity contribution in [2.24, 2.45) is 0 Å². The van der Waals surface area contributed by atoms with Crippen LogP contribution in [0.4, 0.5) is 5.69 Å². The van der Waals surface area contributed by atoms with Crippen LogP contribution in [-0.4, -0.2) is 0 Å². The summed E-state index contributed by atoms with van der Waals surface area (Å²) in [5.74, 6) is 0. The molecule has 0 unspecified atom stereocenters. The van der Waals surface area contributed by atoms with E-state index in [0.717, 1.165) is 40.8 Å². The van der Waals surface area contributed by atoms with Gasteiger partial charge in [0.1, 0.15) is 11.2 Å². The fourth-order valence-electron chi connectivity index (χ4n) is 6.03. The Labute approximate surface area is 235 Å². The zero-order valence-electron chi connectivity index (χ0n) is 23.3. The monoisotopic (exact) mass is 519 g/mol. The Balaban J connectivity index is 1.16. The minimum absolute atomic E-state index is 0.0134. The molecule has 0 saturated heterocycles. The average molecular weight is 520 g/mol. The molecule has 40 heavy (non-hydrogen) atoms. The lowest BCUT2D eigenvalue weighted by molar-refractivity contribution is 0.573. The number of hydrogen-bond acceptors (Lipinski definition) is 2. The normalized spacial score (nSPS) is 14.0. The number of anilines is 1. The summed E-state index contributed by atoms with van der Waals surface area (Å²) < 4.78 is 6.59. The Bertz CT molecular complexity index is 1940. The number of nitrogens with one attached hydrogen (secondary N) is 1. The highest BCUT2D eigenvalue weighted by molar-refractivity contribution is 6.10. The number of allylic oxidation sites excluding steroid dienone is 4. The number of para-hydroxylation sites is 2. The molecular weight excluding hydrogens is 486 g/mol. The van der Waals surface area contributed by atoms with Crippen molar-refractivity contribution < 1.29 is 4.42 Å². The van der Waals surface area contributed by atoms with Gasteiger partial charge in [0.15, 0.2) is 0 Å². The lowest BCUT2D eigenvalue weighted by Gasteiger charge is -2.18. The maximum Gasteiger partial charge on any atom is 0.143 e. The van der Waals surface area contributed by atoms with Crippen molar-refractivity contribution in [2.75, 3.05) is 5.32 Å². The lowest BCUT2D eigenvalue weighted by atomic mass is 9.86. The van der Waals surface area contributed by atoms with Gasteiger partial charge in [-0.05, 0) is 63.9 Å². The largest absolute Gasteiger partial charge is 0.455 e. The number of hydrogen-bond donors (Lipinski definition) is 1. The molecule has 0 saturated carbocycles. The van der Waals surface area contributed by atoms with E-state index in [4.69, 9.17) is 4.42 Å². The minimum Gasteiger partial charge on any atom is -0.455 e. The topological polar surface area (TPSA) is 25.2 Å². The highest BCUT2D eigenvalue weighted by Crippen LogP contribution is 2.40. The van der Waals surface area contributed by atoms with E-state index in [9.17, 15) is 0 Å². The van der Waals surface area contributed by atoms with E-state index in [1.54, 1.807) is 0 Å². The lowest BCUT2D eigenvalue weighted by Crippen LogP contribution is -2.10. The molecule has 0 atom stereocenters. The van der Waals surface area contributed by atoms with Crippen LogP contribution >= 0.6 is 0 Å². The second-order valence-corrected chi connectivity index (χ2v) is 11.8. The summed E-state index contributed by atoms with van der Waals surface area (Å²) in [6.07, 6.45) is 6.52. The van der Waals surface area contributed by atoms with Gasteiger partial charge in [-0.2, -0.15) is 0 Å². The van der Waals surface area contributed by atoms with Crippen LogP contribution in [0.2, 0.25) is 0 Å². The van der Waals surface area contributed by atoms with E-state index >= 15 is 0 Å².